The third-order valence-corrected chi connectivity index (χ3v) is 4.32. The van der Waals surface area contributed by atoms with E-state index in [1.165, 1.54) is 51.4 Å². The van der Waals surface area contributed by atoms with Gasteiger partial charge >= 0.3 is 0 Å². The number of hydrogen-bond acceptors (Lipinski definition) is 1. The maximum absolute atomic E-state index is 9.55. The van der Waals surface area contributed by atoms with Crippen molar-refractivity contribution < 1.29 is 5.11 Å². The molecule has 1 atom stereocenters. The van der Waals surface area contributed by atoms with Crippen molar-refractivity contribution in [2.24, 2.45) is 0 Å². The second kappa shape index (κ2) is 11.2. The highest BCUT2D eigenvalue weighted by Crippen LogP contribution is 2.28. The first-order valence-electron chi connectivity index (χ1n) is 8.14. The molecule has 0 radical (unpaired) electrons. The average Bonchev–Trinajstić information content (AvgIpc) is 2.47. The Bertz CT molecular complexity index is 351. The number of aliphatic hydroxyl groups excluding tert-OH is 1. The zero-order valence-electron chi connectivity index (χ0n) is 12.8. The zero-order chi connectivity index (χ0) is 14.6. The molecule has 1 nitrogen and oxygen atoms in total. The fourth-order valence-corrected chi connectivity index (χ4v) is 2.97. The summed E-state index contributed by atoms with van der Waals surface area (Å²) in [4.78, 5) is 0. The molecule has 20 heavy (non-hydrogen) atoms. The Morgan fingerprint density at radius 1 is 0.950 bits per heavy atom. The summed E-state index contributed by atoms with van der Waals surface area (Å²) < 4.78 is 0. The van der Waals surface area contributed by atoms with Gasteiger partial charge in [-0.3, -0.25) is 0 Å². The predicted octanol–water partition coefficient (Wildman–Crippen LogP) is 5.95. The van der Waals surface area contributed by atoms with E-state index in [9.17, 15) is 5.11 Å². The van der Waals surface area contributed by atoms with Crippen LogP contribution in [-0.2, 0) is 0 Å². The molecule has 0 aromatic heterocycles. The molecule has 114 valence electrons. The highest BCUT2D eigenvalue weighted by atomic mass is 35.5. The SMILES string of the molecule is CCCCCCCCCCC(CO)c1ccccc1Cl. The fraction of sp³-hybridized carbons (Fsp3) is 0.667. The summed E-state index contributed by atoms with van der Waals surface area (Å²) in [6, 6.07) is 7.88. The Morgan fingerprint density at radius 3 is 2.15 bits per heavy atom. The molecule has 0 saturated heterocycles. The second-order valence-corrected chi connectivity index (χ2v) is 6.07. The largest absolute Gasteiger partial charge is 0.396 e. The molecule has 0 aliphatic carbocycles. The Labute approximate surface area is 129 Å². The number of benzene rings is 1. The van der Waals surface area contributed by atoms with Crippen LogP contribution in [0.1, 0.15) is 76.2 Å². The Morgan fingerprint density at radius 2 is 1.55 bits per heavy atom. The van der Waals surface area contributed by atoms with E-state index in [0.717, 1.165) is 17.0 Å². The van der Waals surface area contributed by atoms with Crippen LogP contribution in [0, 0.1) is 0 Å². The van der Waals surface area contributed by atoms with Crippen LogP contribution in [0.25, 0.3) is 0 Å². The van der Waals surface area contributed by atoms with E-state index in [1.54, 1.807) is 0 Å². The van der Waals surface area contributed by atoms with E-state index >= 15 is 0 Å². The lowest BCUT2D eigenvalue weighted by Crippen LogP contribution is -2.04. The van der Waals surface area contributed by atoms with Gasteiger partial charge in [0.15, 0.2) is 0 Å². The Hall–Kier alpha value is -0.530. The van der Waals surface area contributed by atoms with Crippen molar-refractivity contribution in [3.63, 3.8) is 0 Å². The lowest BCUT2D eigenvalue weighted by atomic mass is 9.93. The summed E-state index contributed by atoms with van der Waals surface area (Å²) in [5.41, 5.74) is 1.10. The van der Waals surface area contributed by atoms with Crippen molar-refractivity contribution >= 4 is 11.6 Å². The monoisotopic (exact) mass is 296 g/mol. The lowest BCUT2D eigenvalue weighted by molar-refractivity contribution is 0.256. The molecule has 1 unspecified atom stereocenters. The topological polar surface area (TPSA) is 20.2 Å². The van der Waals surface area contributed by atoms with E-state index in [-0.39, 0.29) is 12.5 Å². The van der Waals surface area contributed by atoms with Gasteiger partial charge in [0, 0.05) is 17.5 Å². The Kier molecular flexibility index (Phi) is 9.78. The minimum atomic E-state index is 0.195. The molecular weight excluding hydrogens is 268 g/mol. The maximum atomic E-state index is 9.55. The molecule has 0 aliphatic rings. The minimum Gasteiger partial charge on any atom is -0.396 e. The smallest absolute Gasteiger partial charge is 0.0500 e. The molecule has 0 aliphatic heterocycles. The summed E-state index contributed by atoms with van der Waals surface area (Å²) in [5, 5.41) is 10.3. The lowest BCUT2D eigenvalue weighted by Gasteiger charge is -2.15. The van der Waals surface area contributed by atoms with Crippen LogP contribution in [0.3, 0.4) is 0 Å². The number of unbranched alkanes of at least 4 members (excludes halogenated alkanes) is 7. The van der Waals surface area contributed by atoms with Crippen molar-refractivity contribution in [3.8, 4) is 0 Å². The minimum absolute atomic E-state index is 0.195. The summed E-state index contributed by atoms with van der Waals surface area (Å²) in [6.07, 6.45) is 11.6. The van der Waals surface area contributed by atoms with Gasteiger partial charge in [0.25, 0.3) is 0 Å². The number of halogens is 1. The van der Waals surface area contributed by atoms with Crippen LogP contribution in [0.15, 0.2) is 24.3 Å². The van der Waals surface area contributed by atoms with Crippen LogP contribution in [0.5, 0.6) is 0 Å². The van der Waals surface area contributed by atoms with E-state index in [2.05, 4.69) is 6.92 Å². The second-order valence-electron chi connectivity index (χ2n) is 5.66. The quantitative estimate of drug-likeness (QED) is 0.500. The standard InChI is InChI=1S/C18H29ClO/c1-2-3-4-5-6-7-8-9-12-16(15-20)17-13-10-11-14-18(17)19/h10-11,13-14,16,20H,2-9,12,15H2,1H3. The molecule has 1 aromatic carbocycles. The molecule has 0 saturated carbocycles. The molecule has 0 heterocycles. The van der Waals surface area contributed by atoms with Crippen molar-refractivity contribution in [2.75, 3.05) is 6.61 Å². The highest BCUT2D eigenvalue weighted by Gasteiger charge is 2.12. The molecule has 0 amide bonds. The van der Waals surface area contributed by atoms with Gasteiger partial charge in [0.2, 0.25) is 0 Å². The highest BCUT2D eigenvalue weighted by molar-refractivity contribution is 6.31. The molecule has 1 aromatic rings. The maximum Gasteiger partial charge on any atom is 0.0500 e. The van der Waals surface area contributed by atoms with Gasteiger partial charge in [-0.25, -0.2) is 0 Å². The number of hydrogen-bond donors (Lipinski definition) is 1. The van der Waals surface area contributed by atoms with E-state index < -0.39 is 0 Å². The van der Waals surface area contributed by atoms with E-state index in [1.807, 2.05) is 24.3 Å². The summed E-state index contributed by atoms with van der Waals surface area (Å²) >= 11 is 6.20. The molecule has 0 spiro atoms. The third kappa shape index (κ3) is 6.76. The van der Waals surface area contributed by atoms with Crippen molar-refractivity contribution in [3.05, 3.63) is 34.9 Å². The average molecular weight is 297 g/mol. The van der Waals surface area contributed by atoms with Crippen molar-refractivity contribution in [1.82, 2.24) is 0 Å². The number of aliphatic hydroxyl groups is 1. The first-order chi connectivity index (χ1) is 9.79. The van der Waals surface area contributed by atoms with Gasteiger partial charge in [-0.1, -0.05) is 88.1 Å². The number of rotatable bonds is 11. The van der Waals surface area contributed by atoms with Gasteiger partial charge < -0.3 is 5.11 Å². The van der Waals surface area contributed by atoms with Crippen LogP contribution in [0.2, 0.25) is 5.02 Å². The first kappa shape index (κ1) is 17.5. The van der Waals surface area contributed by atoms with Gasteiger partial charge in [0.1, 0.15) is 0 Å². The summed E-state index contributed by atoms with van der Waals surface area (Å²) in [7, 11) is 0. The summed E-state index contributed by atoms with van der Waals surface area (Å²) in [6.45, 7) is 2.45. The van der Waals surface area contributed by atoms with Crippen LogP contribution < -0.4 is 0 Å². The summed E-state index contributed by atoms with van der Waals surface area (Å²) in [5.74, 6) is 0.198. The normalized spacial score (nSPS) is 12.6. The van der Waals surface area contributed by atoms with E-state index in [4.69, 9.17) is 11.6 Å². The molecule has 0 fully saturated rings. The van der Waals surface area contributed by atoms with Gasteiger partial charge in [-0.05, 0) is 18.1 Å². The van der Waals surface area contributed by atoms with E-state index in [0.29, 0.717) is 0 Å². The Balaban J connectivity index is 2.18. The van der Waals surface area contributed by atoms with Gasteiger partial charge in [-0.15, -0.1) is 0 Å². The predicted molar refractivity (Wildman–Crippen MR) is 88.5 cm³/mol. The molecule has 0 bridgehead atoms. The van der Waals surface area contributed by atoms with Crippen molar-refractivity contribution in [1.29, 1.82) is 0 Å². The van der Waals surface area contributed by atoms with Crippen LogP contribution in [-0.4, -0.2) is 11.7 Å². The molecular formula is C18H29ClO. The van der Waals surface area contributed by atoms with Gasteiger partial charge in [0.05, 0.1) is 0 Å². The van der Waals surface area contributed by atoms with Crippen LogP contribution >= 0.6 is 11.6 Å². The fourth-order valence-electron chi connectivity index (χ4n) is 2.68. The van der Waals surface area contributed by atoms with Gasteiger partial charge in [-0.2, -0.15) is 0 Å². The first-order valence-corrected chi connectivity index (χ1v) is 8.52. The van der Waals surface area contributed by atoms with Crippen molar-refractivity contribution in [2.45, 2.75) is 70.6 Å². The van der Waals surface area contributed by atoms with Crippen LogP contribution in [0.4, 0.5) is 0 Å². The molecule has 1 N–H and O–H groups in total. The molecule has 2 heteroatoms. The zero-order valence-corrected chi connectivity index (χ0v) is 13.5. The third-order valence-electron chi connectivity index (χ3n) is 3.97. The molecule has 1 rings (SSSR count).